The first kappa shape index (κ1) is 10.3. The summed E-state index contributed by atoms with van der Waals surface area (Å²) >= 11 is 0. The minimum absolute atomic E-state index is 0.328. The summed E-state index contributed by atoms with van der Waals surface area (Å²) in [4.78, 5) is 2.47. The van der Waals surface area contributed by atoms with Crippen LogP contribution in [0.3, 0.4) is 0 Å². The average molecular weight is 217 g/mol. The fraction of sp³-hybridized carbons (Fsp3) is 0.571. The van der Waals surface area contributed by atoms with Gasteiger partial charge >= 0.3 is 0 Å². The zero-order chi connectivity index (χ0) is 11.0. The van der Waals surface area contributed by atoms with E-state index in [2.05, 4.69) is 29.2 Å². The molecule has 3 rings (SSSR count). The topological polar surface area (TPSA) is 23.5 Å². The molecule has 16 heavy (non-hydrogen) atoms. The maximum absolute atomic E-state index is 9.29. The van der Waals surface area contributed by atoms with Gasteiger partial charge in [0.15, 0.2) is 0 Å². The highest BCUT2D eigenvalue weighted by molar-refractivity contribution is 5.40. The van der Waals surface area contributed by atoms with E-state index in [1.807, 2.05) is 0 Å². The number of benzene rings is 1. The Kier molecular flexibility index (Phi) is 2.70. The molecule has 1 aromatic carbocycles. The second-order valence-corrected chi connectivity index (χ2v) is 5.07. The fourth-order valence-corrected chi connectivity index (χ4v) is 3.15. The quantitative estimate of drug-likeness (QED) is 0.834. The van der Waals surface area contributed by atoms with Gasteiger partial charge in [0.2, 0.25) is 0 Å². The van der Waals surface area contributed by atoms with Gasteiger partial charge in [-0.15, -0.1) is 0 Å². The number of fused-ring (bicyclic) bond motifs is 1. The molecule has 1 unspecified atom stereocenters. The Balaban J connectivity index is 1.65. The molecule has 0 amide bonds. The van der Waals surface area contributed by atoms with Gasteiger partial charge in [-0.2, -0.15) is 0 Å². The van der Waals surface area contributed by atoms with Crippen LogP contribution < -0.4 is 0 Å². The lowest BCUT2D eigenvalue weighted by Crippen LogP contribution is -2.38. The molecule has 1 heterocycles. The average Bonchev–Trinajstić information content (AvgIpc) is 2.73. The summed E-state index contributed by atoms with van der Waals surface area (Å²) in [7, 11) is 0. The van der Waals surface area contributed by atoms with Crippen LogP contribution in [0.1, 0.15) is 29.9 Å². The molecule has 1 aliphatic carbocycles. The van der Waals surface area contributed by atoms with Crippen LogP contribution in [0.5, 0.6) is 0 Å². The smallest absolute Gasteiger partial charge is 0.0586 e. The van der Waals surface area contributed by atoms with Gasteiger partial charge < -0.3 is 5.11 Å². The number of hydrogen-bond donors (Lipinski definition) is 1. The maximum atomic E-state index is 9.29. The molecule has 0 saturated carbocycles. The van der Waals surface area contributed by atoms with Crippen molar-refractivity contribution in [1.82, 2.24) is 4.90 Å². The van der Waals surface area contributed by atoms with Crippen molar-refractivity contribution in [3.8, 4) is 0 Å². The Hall–Kier alpha value is -0.860. The van der Waals surface area contributed by atoms with Crippen molar-refractivity contribution in [2.45, 2.75) is 31.2 Å². The maximum Gasteiger partial charge on any atom is 0.0586 e. The van der Waals surface area contributed by atoms with Crippen LogP contribution in [0.2, 0.25) is 0 Å². The van der Waals surface area contributed by atoms with Crippen LogP contribution in [-0.2, 0) is 6.42 Å². The lowest BCUT2D eigenvalue weighted by Gasteiger charge is -2.35. The number of likely N-dealkylation sites (tertiary alicyclic amines) is 1. The molecule has 1 aliphatic heterocycles. The summed E-state index contributed by atoms with van der Waals surface area (Å²) in [5.74, 6) is 0.711. The molecule has 1 aromatic rings. The molecule has 2 atom stereocenters. The predicted molar refractivity (Wildman–Crippen MR) is 64.6 cm³/mol. The number of rotatable bonds is 3. The molecule has 1 saturated heterocycles. The van der Waals surface area contributed by atoms with Gasteiger partial charge in [-0.05, 0) is 36.9 Å². The Morgan fingerprint density at radius 1 is 1.31 bits per heavy atom. The summed E-state index contributed by atoms with van der Waals surface area (Å²) in [5.41, 5.74) is 3.05. The van der Waals surface area contributed by atoms with Crippen LogP contribution in [0.25, 0.3) is 0 Å². The van der Waals surface area contributed by atoms with E-state index in [4.69, 9.17) is 0 Å². The van der Waals surface area contributed by atoms with Crippen molar-refractivity contribution < 1.29 is 5.11 Å². The van der Waals surface area contributed by atoms with E-state index in [1.165, 1.54) is 36.9 Å². The van der Waals surface area contributed by atoms with Crippen LogP contribution in [-0.4, -0.2) is 35.7 Å². The SMILES string of the molecule is OC[C@@H]1CCCN1CC1Cc2ccccc21. The third kappa shape index (κ3) is 1.66. The summed E-state index contributed by atoms with van der Waals surface area (Å²) in [6, 6.07) is 9.18. The summed E-state index contributed by atoms with van der Waals surface area (Å²) in [6.45, 7) is 2.64. The van der Waals surface area contributed by atoms with Crippen LogP contribution in [0, 0.1) is 0 Å². The lowest BCUT2D eigenvalue weighted by atomic mass is 9.77. The minimum atomic E-state index is 0.328. The Bertz CT molecular complexity index is 377. The molecule has 0 aromatic heterocycles. The van der Waals surface area contributed by atoms with E-state index in [9.17, 15) is 5.11 Å². The van der Waals surface area contributed by atoms with E-state index in [-0.39, 0.29) is 0 Å². The second kappa shape index (κ2) is 4.19. The monoisotopic (exact) mass is 217 g/mol. The standard InChI is InChI=1S/C14H19NO/c16-10-13-5-3-7-15(13)9-12-8-11-4-1-2-6-14(11)12/h1-2,4,6,12-13,16H,3,5,7-10H2/t12?,13-/m0/s1. The second-order valence-electron chi connectivity index (χ2n) is 5.07. The van der Waals surface area contributed by atoms with Crippen LogP contribution >= 0.6 is 0 Å². The van der Waals surface area contributed by atoms with E-state index < -0.39 is 0 Å². The normalized spacial score (nSPS) is 28.8. The van der Waals surface area contributed by atoms with Crippen molar-refractivity contribution in [3.05, 3.63) is 35.4 Å². The molecular weight excluding hydrogens is 198 g/mol. The molecule has 1 fully saturated rings. The predicted octanol–water partition coefficient (Wildman–Crippen LogP) is 1.78. The van der Waals surface area contributed by atoms with Crippen molar-refractivity contribution >= 4 is 0 Å². The molecule has 2 nitrogen and oxygen atoms in total. The summed E-state index contributed by atoms with van der Waals surface area (Å²) in [6.07, 6.45) is 3.65. The van der Waals surface area contributed by atoms with E-state index in [0.717, 1.165) is 6.54 Å². The molecule has 86 valence electrons. The largest absolute Gasteiger partial charge is 0.395 e. The van der Waals surface area contributed by atoms with Gasteiger partial charge in [-0.25, -0.2) is 0 Å². The summed E-state index contributed by atoms with van der Waals surface area (Å²) in [5, 5.41) is 9.29. The number of aliphatic hydroxyl groups is 1. The van der Waals surface area contributed by atoms with E-state index in [0.29, 0.717) is 18.6 Å². The Labute approximate surface area is 96.9 Å². The summed E-state index contributed by atoms with van der Waals surface area (Å²) < 4.78 is 0. The lowest BCUT2D eigenvalue weighted by molar-refractivity contribution is 0.149. The first-order valence-corrected chi connectivity index (χ1v) is 6.31. The number of hydrogen-bond acceptors (Lipinski definition) is 2. The molecular formula is C14H19NO. The minimum Gasteiger partial charge on any atom is -0.395 e. The van der Waals surface area contributed by atoms with Gasteiger partial charge in [0.1, 0.15) is 0 Å². The number of nitrogens with zero attached hydrogens (tertiary/aromatic N) is 1. The Morgan fingerprint density at radius 3 is 3.00 bits per heavy atom. The van der Waals surface area contributed by atoms with Crippen molar-refractivity contribution in [2.24, 2.45) is 0 Å². The molecule has 2 heteroatoms. The van der Waals surface area contributed by atoms with Gasteiger partial charge in [0.25, 0.3) is 0 Å². The van der Waals surface area contributed by atoms with Crippen molar-refractivity contribution in [1.29, 1.82) is 0 Å². The van der Waals surface area contributed by atoms with E-state index in [1.54, 1.807) is 0 Å². The molecule has 0 spiro atoms. The molecule has 1 N–H and O–H groups in total. The van der Waals surface area contributed by atoms with Gasteiger partial charge in [-0.3, -0.25) is 4.90 Å². The zero-order valence-corrected chi connectivity index (χ0v) is 9.60. The first-order chi connectivity index (χ1) is 7.88. The van der Waals surface area contributed by atoms with Crippen LogP contribution in [0.15, 0.2) is 24.3 Å². The highest BCUT2D eigenvalue weighted by Crippen LogP contribution is 2.36. The van der Waals surface area contributed by atoms with Crippen LogP contribution in [0.4, 0.5) is 0 Å². The van der Waals surface area contributed by atoms with Crippen molar-refractivity contribution in [2.75, 3.05) is 19.7 Å². The first-order valence-electron chi connectivity index (χ1n) is 6.31. The van der Waals surface area contributed by atoms with Gasteiger partial charge in [0.05, 0.1) is 6.61 Å². The van der Waals surface area contributed by atoms with Crippen molar-refractivity contribution in [3.63, 3.8) is 0 Å². The highest BCUT2D eigenvalue weighted by atomic mass is 16.3. The fourth-order valence-electron chi connectivity index (χ4n) is 3.15. The molecule has 0 bridgehead atoms. The third-order valence-corrected chi connectivity index (χ3v) is 4.13. The van der Waals surface area contributed by atoms with E-state index >= 15 is 0 Å². The molecule has 0 radical (unpaired) electrons. The zero-order valence-electron chi connectivity index (χ0n) is 9.60. The van der Waals surface area contributed by atoms with Gasteiger partial charge in [-0.1, -0.05) is 24.3 Å². The Morgan fingerprint density at radius 2 is 2.19 bits per heavy atom. The highest BCUT2D eigenvalue weighted by Gasteiger charge is 2.31. The van der Waals surface area contributed by atoms with Gasteiger partial charge in [0, 0.05) is 18.5 Å². The third-order valence-electron chi connectivity index (χ3n) is 4.13. The number of aliphatic hydroxyl groups excluding tert-OH is 1. The molecule has 2 aliphatic rings.